The Kier molecular flexibility index (Phi) is 7.48. The Bertz CT molecular complexity index is 485. The first-order chi connectivity index (χ1) is 9.29. The Hall–Kier alpha value is 0.370. The van der Waals surface area contributed by atoms with E-state index in [2.05, 4.69) is 37.6 Å². The zero-order chi connectivity index (χ0) is 15.3. The van der Waals surface area contributed by atoms with Gasteiger partial charge in [0.05, 0.1) is 14.1 Å². The molecule has 2 rings (SSSR count). The van der Waals surface area contributed by atoms with Crippen LogP contribution in [-0.2, 0) is 20.8 Å². The van der Waals surface area contributed by atoms with E-state index in [4.69, 9.17) is 17.0 Å². The molecule has 0 unspecified atom stereocenters. The van der Waals surface area contributed by atoms with Gasteiger partial charge in [-0.1, -0.05) is 31.3 Å². The summed E-state index contributed by atoms with van der Waals surface area (Å²) in [6.45, 7) is 8.84. The second-order valence-electron chi connectivity index (χ2n) is 6.08. The maximum atomic E-state index is 10.3. The molecule has 20 heavy (non-hydrogen) atoms. The normalized spacial score (nSPS) is 14.9. The molecule has 1 aliphatic rings. The minimum absolute atomic E-state index is 0.444. The summed E-state index contributed by atoms with van der Waals surface area (Å²) in [7, 11) is 8.37. The molecule has 1 fully saturated rings. The van der Waals surface area contributed by atoms with Crippen molar-refractivity contribution in [1.29, 1.82) is 0 Å². The molecular formula is C14H21Cl2NOSiZr. The van der Waals surface area contributed by atoms with Gasteiger partial charge in [-0.3, -0.25) is 4.99 Å². The molecular weight excluding hydrogens is 388 g/mol. The number of aliphatic imine (C=N–C) groups is 1. The second kappa shape index (κ2) is 8.12. The van der Waals surface area contributed by atoms with Gasteiger partial charge in [-0.15, -0.1) is 0 Å². The Balaban J connectivity index is 0.000000612. The first-order valence-electron chi connectivity index (χ1n) is 6.63. The van der Waals surface area contributed by atoms with E-state index in [0.29, 0.717) is 11.8 Å². The van der Waals surface area contributed by atoms with Crippen LogP contribution in [0.15, 0.2) is 17.1 Å². The van der Waals surface area contributed by atoms with Crippen molar-refractivity contribution in [3.63, 3.8) is 0 Å². The van der Waals surface area contributed by atoms with Gasteiger partial charge in [-0.05, 0) is 31.0 Å². The van der Waals surface area contributed by atoms with Crippen LogP contribution in [0.1, 0.15) is 24.0 Å². The molecule has 0 aromatic heterocycles. The second-order valence-corrected chi connectivity index (χ2v) is 14.9. The third-order valence-corrected chi connectivity index (χ3v) is 5.06. The average molecular weight is 410 g/mol. The van der Waals surface area contributed by atoms with Crippen molar-refractivity contribution >= 4 is 36.5 Å². The standard InChI is InChI=1S/C14H21NOSi.2ClH.Zr/c1-10-7-11(9-15-12-5-6-12)14(16)13(8-10)17(2,3)4;;;/h7-9,12,16H,5-6H2,1-4H3;2*1H;/q;;;+2/p-2. The molecule has 1 aromatic rings. The molecule has 1 N–H and O–H groups in total. The zero-order valence-electron chi connectivity index (χ0n) is 12.4. The van der Waals surface area contributed by atoms with E-state index < -0.39 is 28.9 Å². The molecule has 1 saturated carbocycles. The fraction of sp³-hybridized carbons (Fsp3) is 0.500. The number of aryl methyl sites for hydroxylation is 1. The third kappa shape index (κ3) is 6.01. The quantitative estimate of drug-likeness (QED) is 0.589. The van der Waals surface area contributed by atoms with E-state index in [9.17, 15) is 5.11 Å². The summed E-state index contributed by atoms with van der Waals surface area (Å²) < 4.78 is 0. The monoisotopic (exact) mass is 407 g/mol. The van der Waals surface area contributed by atoms with Crippen LogP contribution in [0.4, 0.5) is 0 Å². The van der Waals surface area contributed by atoms with E-state index in [-0.39, 0.29) is 0 Å². The van der Waals surface area contributed by atoms with Crippen molar-refractivity contribution in [2.45, 2.75) is 45.4 Å². The predicted octanol–water partition coefficient (Wildman–Crippen LogP) is 4.20. The van der Waals surface area contributed by atoms with E-state index >= 15 is 0 Å². The average Bonchev–Trinajstić information content (AvgIpc) is 3.13. The van der Waals surface area contributed by atoms with Gasteiger partial charge in [0, 0.05) is 11.8 Å². The predicted molar refractivity (Wildman–Crippen MR) is 88.1 cm³/mol. The Morgan fingerprint density at radius 1 is 1.30 bits per heavy atom. The van der Waals surface area contributed by atoms with Gasteiger partial charge in [0.25, 0.3) is 0 Å². The number of benzene rings is 1. The molecule has 0 heterocycles. The van der Waals surface area contributed by atoms with Crippen LogP contribution in [0.3, 0.4) is 0 Å². The number of aromatic hydroxyl groups is 1. The van der Waals surface area contributed by atoms with Crippen LogP contribution < -0.4 is 5.19 Å². The van der Waals surface area contributed by atoms with E-state index in [1.54, 1.807) is 0 Å². The summed E-state index contributed by atoms with van der Waals surface area (Å²) in [4.78, 5) is 4.46. The number of phenols is 1. The number of rotatable bonds is 3. The number of halogens is 2. The van der Waals surface area contributed by atoms with Crippen LogP contribution in [0, 0.1) is 6.92 Å². The van der Waals surface area contributed by atoms with Crippen molar-refractivity contribution in [1.82, 2.24) is 0 Å². The van der Waals surface area contributed by atoms with Crippen molar-refractivity contribution in [3.05, 3.63) is 23.3 Å². The van der Waals surface area contributed by atoms with Gasteiger partial charge >= 0.3 is 37.9 Å². The van der Waals surface area contributed by atoms with Crippen LogP contribution in [0.25, 0.3) is 0 Å². The Morgan fingerprint density at radius 3 is 2.30 bits per heavy atom. The van der Waals surface area contributed by atoms with E-state index in [0.717, 1.165) is 10.8 Å². The molecule has 0 atom stereocenters. The van der Waals surface area contributed by atoms with Crippen LogP contribution in [0.2, 0.25) is 19.6 Å². The van der Waals surface area contributed by atoms with Gasteiger partial charge in [-0.2, -0.15) is 0 Å². The SMILES string of the molecule is Cc1cc(C=NC2CC2)c(O)c([Si](C)(C)C)c1.[Cl][Zr][Cl]. The molecule has 0 bridgehead atoms. The molecule has 1 aromatic carbocycles. The summed E-state index contributed by atoms with van der Waals surface area (Å²) in [6.07, 6.45) is 4.25. The minimum atomic E-state index is -1.49. The molecule has 1 aliphatic carbocycles. The van der Waals surface area contributed by atoms with Crippen molar-refractivity contribution in [2.24, 2.45) is 4.99 Å². The number of hydrogen-bond donors (Lipinski definition) is 1. The summed E-state index contributed by atoms with van der Waals surface area (Å²) in [5.74, 6) is 0.444. The Labute approximate surface area is 141 Å². The molecule has 0 saturated heterocycles. The Morgan fingerprint density at radius 2 is 1.85 bits per heavy atom. The van der Waals surface area contributed by atoms with Crippen molar-refractivity contribution in [2.75, 3.05) is 0 Å². The molecule has 110 valence electrons. The topological polar surface area (TPSA) is 32.6 Å². The fourth-order valence-corrected chi connectivity index (χ4v) is 3.40. The van der Waals surface area contributed by atoms with Crippen LogP contribution >= 0.6 is 17.0 Å². The van der Waals surface area contributed by atoms with Gasteiger partial charge in [0.15, 0.2) is 0 Å². The third-order valence-electron chi connectivity index (χ3n) is 3.06. The van der Waals surface area contributed by atoms with Crippen molar-refractivity contribution < 1.29 is 26.0 Å². The molecule has 6 heteroatoms. The van der Waals surface area contributed by atoms with E-state index in [1.807, 2.05) is 12.3 Å². The summed E-state index contributed by atoms with van der Waals surface area (Å²) in [6, 6.07) is 4.64. The van der Waals surface area contributed by atoms with Gasteiger partial charge in [-0.25, -0.2) is 0 Å². The molecule has 0 aliphatic heterocycles. The summed E-state index contributed by atoms with van der Waals surface area (Å²) >= 11 is -0.826. The van der Waals surface area contributed by atoms with Crippen molar-refractivity contribution in [3.8, 4) is 5.75 Å². The summed E-state index contributed by atoms with van der Waals surface area (Å²) in [5, 5.41) is 11.5. The number of nitrogens with zero attached hydrogens (tertiary/aromatic N) is 1. The number of hydrogen-bond acceptors (Lipinski definition) is 2. The molecule has 0 amide bonds. The van der Waals surface area contributed by atoms with Crippen LogP contribution in [-0.4, -0.2) is 25.4 Å². The molecule has 0 radical (unpaired) electrons. The number of phenolic OH excluding ortho intramolecular Hbond substituents is 1. The fourth-order valence-electron chi connectivity index (χ4n) is 1.89. The summed E-state index contributed by atoms with van der Waals surface area (Å²) in [5.41, 5.74) is 2.09. The van der Waals surface area contributed by atoms with Crippen LogP contribution in [0.5, 0.6) is 5.75 Å². The first-order valence-corrected chi connectivity index (χ1v) is 16.5. The van der Waals surface area contributed by atoms with Gasteiger partial charge in [0.2, 0.25) is 0 Å². The first kappa shape index (κ1) is 18.4. The molecule has 0 spiro atoms. The maximum absolute atomic E-state index is 10.3. The van der Waals surface area contributed by atoms with Gasteiger partial charge in [0.1, 0.15) is 5.75 Å². The van der Waals surface area contributed by atoms with E-state index in [1.165, 1.54) is 18.4 Å². The van der Waals surface area contributed by atoms with Gasteiger partial charge < -0.3 is 5.11 Å². The molecule has 2 nitrogen and oxygen atoms in total. The zero-order valence-corrected chi connectivity index (χ0v) is 17.3.